The van der Waals surface area contributed by atoms with E-state index in [0.717, 1.165) is 49.8 Å². The number of aromatic nitrogens is 3. The maximum Gasteiger partial charge on any atom is 0.266 e. The first-order valence-electron chi connectivity index (χ1n) is 13.2. The molecule has 1 saturated heterocycles. The van der Waals surface area contributed by atoms with Crippen LogP contribution in [0.2, 0.25) is 0 Å². The van der Waals surface area contributed by atoms with Gasteiger partial charge in [-0.15, -0.1) is 0 Å². The molecular formula is C30H38F2N6. The van der Waals surface area contributed by atoms with Crippen molar-refractivity contribution in [3.8, 4) is 6.07 Å². The molecule has 0 spiro atoms. The van der Waals surface area contributed by atoms with E-state index >= 15 is 0 Å². The first-order valence-corrected chi connectivity index (χ1v) is 13.2. The maximum absolute atomic E-state index is 14.3. The number of alkyl halides is 2. The predicted molar refractivity (Wildman–Crippen MR) is 150 cm³/mol. The summed E-state index contributed by atoms with van der Waals surface area (Å²) in [6.45, 7) is 14.5. The number of rotatable bonds is 6. The number of piperidine rings is 1. The summed E-state index contributed by atoms with van der Waals surface area (Å²) in [4.78, 5) is 17.5. The summed E-state index contributed by atoms with van der Waals surface area (Å²) in [5.41, 5.74) is 3.15. The van der Waals surface area contributed by atoms with Crippen molar-refractivity contribution in [3.63, 3.8) is 0 Å². The second kappa shape index (κ2) is 12.3. The summed E-state index contributed by atoms with van der Waals surface area (Å²) >= 11 is 0. The largest absolute Gasteiger partial charge is 0.341 e. The van der Waals surface area contributed by atoms with Gasteiger partial charge in [0.15, 0.2) is 0 Å². The molecule has 0 radical (unpaired) electrons. The van der Waals surface area contributed by atoms with Crippen molar-refractivity contribution in [2.24, 2.45) is 5.41 Å². The number of halogens is 2. The molecular weight excluding hydrogens is 482 g/mol. The molecule has 202 valence electrons. The van der Waals surface area contributed by atoms with Gasteiger partial charge in [0, 0.05) is 43.5 Å². The lowest BCUT2D eigenvalue weighted by atomic mass is 9.81. The molecule has 8 heteroatoms. The van der Waals surface area contributed by atoms with Gasteiger partial charge < -0.3 is 9.80 Å². The highest BCUT2D eigenvalue weighted by molar-refractivity contribution is 5.69. The molecule has 0 saturated carbocycles. The molecule has 1 aliphatic heterocycles. The van der Waals surface area contributed by atoms with Gasteiger partial charge in [0.25, 0.3) is 5.92 Å². The van der Waals surface area contributed by atoms with E-state index < -0.39 is 5.92 Å². The summed E-state index contributed by atoms with van der Waals surface area (Å²) in [6.07, 6.45) is 14.6. The average molecular weight is 521 g/mol. The van der Waals surface area contributed by atoms with E-state index in [0.29, 0.717) is 24.4 Å². The Morgan fingerprint density at radius 1 is 1.13 bits per heavy atom. The number of nitrogens with zero attached hydrogens (tertiary/aromatic N) is 6. The molecule has 2 aromatic rings. The highest BCUT2D eigenvalue weighted by Crippen LogP contribution is 2.43. The van der Waals surface area contributed by atoms with Crippen LogP contribution in [0.25, 0.3) is 6.08 Å². The molecule has 0 N–H and O–H groups in total. The van der Waals surface area contributed by atoms with Gasteiger partial charge in [0.05, 0.1) is 29.8 Å². The third-order valence-corrected chi connectivity index (χ3v) is 6.87. The van der Waals surface area contributed by atoms with E-state index in [4.69, 9.17) is 5.26 Å². The highest BCUT2D eigenvalue weighted by atomic mass is 19.3. The lowest BCUT2D eigenvalue weighted by Crippen LogP contribution is -2.46. The fourth-order valence-electron chi connectivity index (χ4n) is 5.07. The van der Waals surface area contributed by atoms with Crippen molar-refractivity contribution < 1.29 is 8.78 Å². The fourth-order valence-corrected chi connectivity index (χ4v) is 5.07. The monoisotopic (exact) mass is 520 g/mol. The van der Waals surface area contributed by atoms with Crippen LogP contribution in [0.3, 0.4) is 0 Å². The summed E-state index contributed by atoms with van der Waals surface area (Å²) in [6, 6.07) is 4.12. The van der Waals surface area contributed by atoms with E-state index in [-0.39, 0.29) is 17.0 Å². The topological polar surface area (TPSA) is 68.9 Å². The lowest BCUT2D eigenvalue weighted by molar-refractivity contribution is 0.0536. The normalized spacial score (nSPS) is 17.7. The van der Waals surface area contributed by atoms with E-state index in [1.165, 1.54) is 0 Å². The smallest absolute Gasteiger partial charge is 0.266 e. The van der Waals surface area contributed by atoms with Crippen molar-refractivity contribution in [2.75, 3.05) is 22.9 Å². The zero-order valence-electron chi connectivity index (χ0n) is 23.1. The van der Waals surface area contributed by atoms with Crippen molar-refractivity contribution in [1.29, 1.82) is 5.26 Å². The predicted octanol–water partition coefficient (Wildman–Crippen LogP) is 7.17. The number of allylic oxidation sites excluding steroid dienone is 4. The van der Waals surface area contributed by atoms with Gasteiger partial charge in [-0.3, -0.25) is 4.98 Å². The molecule has 38 heavy (non-hydrogen) atoms. The minimum Gasteiger partial charge on any atom is -0.341 e. The molecule has 6 nitrogen and oxygen atoms in total. The van der Waals surface area contributed by atoms with Crippen LogP contribution < -0.4 is 9.80 Å². The van der Waals surface area contributed by atoms with Crippen LogP contribution in [0, 0.1) is 16.7 Å². The molecule has 1 fully saturated rings. The van der Waals surface area contributed by atoms with Gasteiger partial charge in [-0.1, -0.05) is 46.4 Å². The van der Waals surface area contributed by atoms with Gasteiger partial charge in [-0.25, -0.2) is 18.7 Å². The number of hydrogen-bond acceptors (Lipinski definition) is 6. The zero-order chi connectivity index (χ0) is 27.9. The van der Waals surface area contributed by atoms with Crippen LogP contribution in [0.4, 0.5) is 20.4 Å². The Hall–Kier alpha value is -3.60. The van der Waals surface area contributed by atoms with Crippen molar-refractivity contribution in [1.82, 2.24) is 15.0 Å². The Balaban J connectivity index is 0.00000195. The standard InChI is InChI=1S/C28H32F2N6.C2H6/c1-5-21-8-11-32-19-25(21)36(24-7-6-22(28(4,29)30)14-27(2,3)15-24)23-9-12-35(13-10-23)26-33-17-20(16-31)18-34-26;1-2/h5-8,11,17-19,23H,1,9-10,12-15H2,2-4H3;1-2H3. The Labute approximate surface area is 225 Å². The Kier molecular flexibility index (Phi) is 9.37. The van der Waals surface area contributed by atoms with E-state index in [1.54, 1.807) is 24.7 Å². The van der Waals surface area contributed by atoms with Gasteiger partial charge in [-0.2, -0.15) is 5.26 Å². The minimum absolute atomic E-state index is 0.140. The quantitative estimate of drug-likeness (QED) is 0.402. The third-order valence-electron chi connectivity index (χ3n) is 6.87. The molecule has 3 heterocycles. The molecule has 1 aliphatic carbocycles. The average Bonchev–Trinajstić information content (AvgIpc) is 3.08. The van der Waals surface area contributed by atoms with Crippen LogP contribution in [-0.4, -0.2) is 40.0 Å². The van der Waals surface area contributed by atoms with Gasteiger partial charge in [0.1, 0.15) is 6.07 Å². The van der Waals surface area contributed by atoms with Crippen LogP contribution in [0.1, 0.15) is 71.4 Å². The van der Waals surface area contributed by atoms with Crippen LogP contribution >= 0.6 is 0 Å². The lowest BCUT2D eigenvalue weighted by Gasteiger charge is -2.42. The molecule has 2 aromatic heterocycles. The van der Waals surface area contributed by atoms with Crippen molar-refractivity contribution in [3.05, 3.63) is 72.0 Å². The Bertz CT molecular complexity index is 1200. The van der Waals surface area contributed by atoms with Crippen molar-refractivity contribution in [2.45, 2.75) is 72.3 Å². The first kappa shape index (κ1) is 29.0. The second-order valence-corrected chi connectivity index (χ2v) is 10.4. The fraction of sp³-hybridized carbons (Fsp3) is 0.467. The number of anilines is 2. The molecule has 0 amide bonds. The summed E-state index contributed by atoms with van der Waals surface area (Å²) in [5, 5.41) is 9.01. The Morgan fingerprint density at radius 3 is 2.37 bits per heavy atom. The maximum atomic E-state index is 14.3. The van der Waals surface area contributed by atoms with Gasteiger partial charge >= 0.3 is 0 Å². The van der Waals surface area contributed by atoms with Crippen LogP contribution in [0.15, 0.2) is 60.9 Å². The molecule has 0 atom stereocenters. The van der Waals surface area contributed by atoms with E-state index in [1.807, 2.05) is 58.2 Å². The van der Waals surface area contributed by atoms with E-state index in [2.05, 4.69) is 31.3 Å². The summed E-state index contributed by atoms with van der Waals surface area (Å²) in [5.74, 6) is -2.25. The van der Waals surface area contributed by atoms with Gasteiger partial charge in [-0.05, 0) is 48.8 Å². The molecule has 2 aliphatic rings. The highest BCUT2D eigenvalue weighted by Gasteiger charge is 2.37. The molecule has 0 bridgehead atoms. The molecule has 0 unspecified atom stereocenters. The number of nitriles is 1. The van der Waals surface area contributed by atoms with Gasteiger partial charge in [0.2, 0.25) is 5.95 Å². The van der Waals surface area contributed by atoms with Crippen molar-refractivity contribution >= 4 is 17.7 Å². The zero-order valence-corrected chi connectivity index (χ0v) is 23.1. The second-order valence-electron chi connectivity index (χ2n) is 10.4. The Morgan fingerprint density at radius 2 is 1.79 bits per heavy atom. The first-order chi connectivity index (χ1) is 18.1. The minimum atomic E-state index is -2.86. The molecule has 0 aromatic carbocycles. The SMILES string of the molecule is C=Cc1ccncc1N(C1=CC=C(C(C)(F)F)CC(C)(C)C1)C1CCN(c2ncc(C#N)cn2)CC1.CC. The van der Waals surface area contributed by atoms with Crippen LogP contribution in [-0.2, 0) is 0 Å². The number of pyridine rings is 1. The molecule has 4 rings (SSSR count). The summed E-state index contributed by atoms with van der Waals surface area (Å²) in [7, 11) is 0. The number of hydrogen-bond donors (Lipinski definition) is 0. The van der Waals surface area contributed by atoms with E-state index in [9.17, 15) is 8.78 Å². The third kappa shape index (κ3) is 6.83. The summed E-state index contributed by atoms with van der Waals surface area (Å²) < 4.78 is 28.7. The van der Waals surface area contributed by atoms with Crippen LogP contribution in [0.5, 0.6) is 0 Å².